The topological polar surface area (TPSA) is 127 Å². The number of nitrogens with two attached hydrogens (primary N) is 1. The maximum absolute atomic E-state index is 10.9. The molecule has 14 heavy (non-hydrogen) atoms. The Bertz CT molecular complexity index is 426. The molecule has 1 aromatic carbocycles. The van der Waals surface area contributed by atoms with Gasteiger partial charge >= 0.3 is 80.8 Å². The van der Waals surface area contributed by atoms with Crippen LogP contribution >= 0.6 is 0 Å². The zero-order valence-electron chi connectivity index (χ0n) is 6.82. The Balaban J connectivity index is 3.45. The molecular formula is C6H7AsN2O5. The third-order valence-corrected chi connectivity index (χ3v) is 3.62. The number of nitro groups is 1. The van der Waals surface area contributed by atoms with Gasteiger partial charge in [-0.25, -0.2) is 0 Å². The molecule has 7 nitrogen and oxygen atoms in total. The minimum atomic E-state index is -5.25. The Morgan fingerprint density at radius 2 is 2.00 bits per heavy atom. The van der Waals surface area contributed by atoms with E-state index in [1.54, 1.807) is 0 Å². The molecule has 0 aliphatic rings. The third kappa shape index (κ3) is 2.14. The van der Waals surface area contributed by atoms with Gasteiger partial charge in [-0.15, -0.1) is 0 Å². The first-order chi connectivity index (χ1) is 6.32. The molecule has 0 heterocycles. The molecule has 0 radical (unpaired) electrons. The Morgan fingerprint density at radius 1 is 1.43 bits per heavy atom. The van der Waals surface area contributed by atoms with E-state index in [-0.39, 0.29) is 5.69 Å². The van der Waals surface area contributed by atoms with Gasteiger partial charge in [0.15, 0.2) is 0 Å². The van der Waals surface area contributed by atoms with Crippen LogP contribution in [0.25, 0.3) is 0 Å². The number of nitro benzene ring substituents is 1. The number of hydrogen-bond donors (Lipinski definition) is 3. The van der Waals surface area contributed by atoms with Crippen LogP contribution in [0.5, 0.6) is 0 Å². The van der Waals surface area contributed by atoms with Crippen LogP contribution in [0.1, 0.15) is 0 Å². The molecule has 0 saturated carbocycles. The second kappa shape index (κ2) is 3.45. The van der Waals surface area contributed by atoms with Gasteiger partial charge in [0.25, 0.3) is 0 Å². The van der Waals surface area contributed by atoms with Crippen LogP contribution in [0.3, 0.4) is 0 Å². The maximum atomic E-state index is 10.9. The molecular weight excluding hydrogens is 255 g/mol. The molecule has 0 amide bonds. The van der Waals surface area contributed by atoms with E-state index in [0.29, 0.717) is 0 Å². The van der Waals surface area contributed by atoms with E-state index in [2.05, 4.69) is 0 Å². The van der Waals surface area contributed by atoms with Gasteiger partial charge in [-0.2, -0.15) is 0 Å². The van der Waals surface area contributed by atoms with Crippen LogP contribution in [0.15, 0.2) is 18.2 Å². The molecule has 0 bridgehead atoms. The molecule has 4 N–H and O–H groups in total. The fourth-order valence-corrected chi connectivity index (χ4v) is 2.43. The predicted octanol–water partition coefficient (Wildman–Crippen LogP) is -1.26. The molecule has 1 aromatic rings. The summed E-state index contributed by atoms with van der Waals surface area (Å²) in [5.41, 5.74) is 4.70. The molecule has 8 heteroatoms. The fourth-order valence-electron chi connectivity index (χ4n) is 0.933. The van der Waals surface area contributed by atoms with Gasteiger partial charge in [-0.05, 0) is 0 Å². The number of anilines is 1. The van der Waals surface area contributed by atoms with E-state index in [0.717, 1.165) is 12.1 Å². The van der Waals surface area contributed by atoms with Crippen molar-refractivity contribution in [2.24, 2.45) is 0 Å². The van der Waals surface area contributed by atoms with Crippen LogP contribution in [-0.2, 0) is 3.74 Å². The van der Waals surface area contributed by atoms with Gasteiger partial charge in [0.1, 0.15) is 0 Å². The monoisotopic (exact) mass is 262 g/mol. The molecule has 0 fully saturated rings. The average Bonchev–Trinajstić information content (AvgIpc) is 2.01. The molecule has 0 aromatic heterocycles. The third-order valence-electron chi connectivity index (χ3n) is 1.51. The van der Waals surface area contributed by atoms with E-state index in [1.807, 2.05) is 0 Å². The van der Waals surface area contributed by atoms with Crippen molar-refractivity contribution in [2.75, 3.05) is 5.73 Å². The van der Waals surface area contributed by atoms with Crippen molar-refractivity contribution in [2.45, 2.75) is 0 Å². The Morgan fingerprint density at radius 3 is 2.43 bits per heavy atom. The van der Waals surface area contributed by atoms with Crippen molar-refractivity contribution >= 4 is 29.9 Å². The van der Waals surface area contributed by atoms with E-state index in [4.69, 9.17) is 13.9 Å². The second-order valence-electron chi connectivity index (χ2n) is 2.55. The van der Waals surface area contributed by atoms with E-state index >= 15 is 0 Å². The Labute approximate surface area is 81.3 Å². The minimum absolute atomic E-state index is 0.0874. The Kier molecular flexibility index (Phi) is 2.66. The summed E-state index contributed by atoms with van der Waals surface area (Å²) in [5, 5.41) is 10.4. The molecule has 1 rings (SSSR count). The first-order valence-electron chi connectivity index (χ1n) is 3.42. The molecule has 76 valence electrons. The molecule has 0 aliphatic carbocycles. The number of nitrogens with zero attached hydrogens (tertiary/aromatic N) is 1. The van der Waals surface area contributed by atoms with Gasteiger partial charge < -0.3 is 0 Å². The summed E-state index contributed by atoms with van der Waals surface area (Å²) in [5.74, 6) is 0. The summed E-state index contributed by atoms with van der Waals surface area (Å²) in [4.78, 5) is 9.57. The Hall–Kier alpha value is -1.30. The quantitative estimate of drug-likeness (QED) is 0.264. The molecule has 0 saturated heterocycles. The van der Waals surface area contributed by atoms with Gasteiger partial charge in [-0.3, -0.25) is 0 Å². The summed E-state index contributed by atoms with van der Waals surface area (Å²) in [6.45, 7) is 0. The summed E-state index contributed by atoms with van der Waals surface area (Å²) in [6.07, 6.45) is 0. The second-order valence-corrected chi connectivity index (χ2v) is 5.84. The standard InChI is InChI=1S/C6H7AsN2O5/c8-4-1-2-5(7(10,11)12)6(3-4)9(13)14/h1-3H,8H2,(H2,10,11,12). The zero-order chi connectivity index (χ0) is 10.9. The normalized spacial score (nSPS) is 11.3. The number of hydrogen-bond acceptors (Lipinski definition) is 4. The molecule has 0 spiro atoms. The van der Waals surface area contributed by atoms with Crippen molar-refractivity contribution in [1.82, 2.24) is 0 Å². The van der Waals surface area contributed by atoms with E-state index in [9.17, 15) is 13.9 Å². The number of rotatable bonds is 2. The van der Waals surface area contributed by atoms with Crippen molar-refractivity contribution in [3.05, 3.63) is 28.3 Å². The van der Waals surface area contributed by atoms with Crippen molar-refractivity contribution in [3.63, 3.8) is 0 Å². The summed E-state index contributed by atoms with van der Waals surface area (Å²) in [7, 11) is 0. The molecule has 0 aliphatic heterocycles. The number of benzene rings is 1. The summed E-state index contributed by atoms with van der Waals surface area (Å²) < 4.78 is 28.0. The van der Waals surface area contributed by atoms with Gasteiger partial charge in [0.05, 0.1) is 0 Å². The molecule has 0 unspecified atom stereocenters. The van der Waals surface area contributed by atoms with Gasteiger partial charge in [0, 0.05) is 0 Å². The van der Waals surface area contributed by atoms with Crippen LogP contribution in [0.2, 0.25) is 0 Å². The van der Waals surface area contributed by atoms with Crippen LogP contribution in [-0.4, -0.2) is 27.3 Å². The predicted molar refractivity (Wildman–Crippen MR) is 48.0 cm³/mol. The van der Waals surface area contributed by atoms with Crippen LogP contribution in [0, 0.1) is 10.1 Å². The first kappa shape index (κ1) is 10.8. The molecule has 0 atom stereocenters. The first-order valence-corrected chi connectivity index (χ1v) is 6.80. The fraction of sp³-hybridized carbons (Fsp3) is 0. The van der Waals surface area contributed by atoms with Crippen LogP contribution in [0.4, 0.5) is 11.4 Å². The van der Waals surface area contributed by atoms with Gasteiger partial charge in [0.2, 0.25) is 0 Å². The summed E-state index contributed by atoms with van der Waals surface area (Å²) >= 11 is -5.25. The summed E-state index contributed by atoms with van der Waals surface area (Å²) in [6, 6.07) is 3.12. The van der Waals surface area contributed by atoms with E-state index in [1.165, 1.54) is 6.07 Å². The SMILES string of the molecule is Nc1ccc([As](=O)(O)O)c([N+](=O)[O-])c1. The van der Waals surface area contributed by atoms with Crippen molar-refractivity contribution < 1.29 is 16.9 Å². The van der Waals surface area contributed by atoms with Gasteiger partial charge in [-0.1, -0.05) is 0 Å². The van der Waals surface area contributed by atoms with E-state index < -0.39 is 29.1 Å². The zero-order valence-corrected chi connectivity index (χ0v) is 8.70. The van der Waals surface area contributed by atoms with Crippen molar-refractivity contribution in [3.8, 4) is 0 Å². The number of nitrogen functional groups attached to an aromatic ring is 1. The van der Waals surface area contributed by atoms with Crippen LogP contribution < -0.4 is 10.1 Å². The average molecular weight is 262 g/mol. The van der Waals surface area contributed by atoms with Crippen molar-refractivity contribution in [1.29, 1.82) is 0 Å².